The van der Waals surface area contributed by atoms with Crippen molar-refractivity contribution in [1.82, 2.24) is 15.3 Å². The fourth-order valence-electron chi connectivity index (χ4n) is 2.34. The van der Waals surface area contributed by atoms with Crippen LogP contribution in [-0.2, 0) is 6.54 Å². The van der Waals surface area contributed by atoms with Gasteiger partial charge in [0.15, 0.2) is 0 Å². The number of imidazole rings is 1. The fraction of sp³-hybridized carbons (Fsp3) is 0.750. The Morgan fingerprint density at radius 1 is 1.53 bits per heavy atom. The summed E-state index contributed by atoms with van der Waals surface area (Å²) in [6.07, 6.45) is 7.79. The van der Waals surface area contributed by atoms with Crippen molar-refractivity contribution in [1.29, 1.82) is 0 Å². The molecule has 3 nitrogen and oxygen atoms in total. The van der Waals surface area contributed by atoms with Gasteiger partial charge in [0.2, 0.25) is 0 Å². The zero-order valence-electron chi connectivity index (χ0n) is 9.71. The molecule has 0 aromatic carbocycles. The Kier molecular flexibility index (Phi) is 3.10. The van der Waals surface area contributed by atoms with Gasteiger partial charge in [-0.3, -0.25) is 0 Å². The Morgan fingerprint density at radius 2 is 2.33 bits per heavy atom. The standard InChI is InChI=1S/C12H21N3/c1-10(2)5-12(3-4-12)8-13-6-11-7-14-9-15-11/h7,9-10,13H,3-6,8H2,1-2H3,(H,14,15). The minimum absolute atomic E-state index is 0.619. The Hall–Kier alpha value is -0.830. The van der Waals surface area contributed by atoms with Gasteiger partial charge < -0.3 is 10.3 Å². The molecule has 1 fully saturated rings. The van der Waals surface area contributed by atoms with Gasteiger partial charge >= 0.3 is 0 Å². The molecule has 3 heteroatoms. The lowest BCUT2D eigenvalue weighted by molar-refractivity contribution is 0.366. The normalized spacial score (nSPS) is 18.3. The van der Waals surface area contributed by atoms with Crippen molar-refractivity contribution in [2.75, 3.05) is 6.54 Å². The molecular weight excluding hydrogens is 186 g/mol. The quantitative estimate of drug-likeness (QED) is 0.751. The molecule has 1 saturated carbocycles. The van der Waals surface area contributed by atoms with Crippen molar-refractivity contribution in [2.45, 2.75) is 39.7 Å². The number of hydrogen-bond donors (Lipinski definition) is 2. The molecule has 1 aliphatic carbocycles. The minimum atomic E-state index is 0.619. The smallest absolute Gasteiger partial charge is 0.0922 e. The molecule has 84 valence electrons. The summed E-state index contributed by atoms with van der Waals surface area (Å²) in [5, 5.41) is 3.52. The molecule has 0 aliphatic heterocycles. The summed E-state index contributed by atoms with van der Waals surface area (Å²) < 4.78 is 0. The first kappa shape index (κ1) is 10.7. The Morgan fingerprint density at radius 3 is 2.87 bits per heavy atom. The molecule has 0 spiro atoms. The van der Waals surface area contributed by atoms with E-state index < -0.39 is 0 Å². The summed E-state index contributed by atoms with van der Waals surface area (Å²) in [4.78, 5) is 7.12. The van der Waals surface area contributed by atoms with Crippen LogP contribution in [0.25, 0.3) is 0 Å². The van der Waals surface area contributed by atoms with Gasteiger partial charge in [0.25, 0.3) is 0 Å². The first-order chi connectivity index (χ1) is 7.20. The zero-order chi connectivity index (χ0) is 10.7. The average Bonchev–Trinajstić information content (AvgIpc) is 2.74. The number of hydrogen-bond acceptors (Lipinski definition) is 2. The molecule has 0 unspecified atom stereocenters. The van der Waals surface area contributed by atoms with Crippen molar-refractivity contribution in [3.63, 3.8) is 0 Å². The molecule has 0 atom stereocenters. The first-order valence-electron chi connectivity index (χ1n) is 5.88. The molecule has 0 saturated heterocycles. The Balaban J connectivity index is 1.70. The van der Waals surface area contributed by atoms with E-state index in [1.54, 1.807) is 6.33 Å². The Labute approximate surface area is 91.7 Å². The summed E-state index contributed by atoms with van der Waals surface area (Å²) in [6.45, 7) is 6.70. The van der Waals surface area contributed by atoms with Gasteiger partial charge in [0.1, 0.15) is 0 Å². The molecule has 2 N–H and O–H groups in total. The van der Waals surface area contributed by atoms with E-state index in [2.05, 4.69) is 29.1 Å². The highest BCUT2D eigenvalue weighted by atomic mass is 14.9. The lowest BCUT2D eigenvalue weighted by Crippen LogP contribution is -2.24. The monoisotopic (exact) mass is 207 g/mol. The number of rotatable bonds is 6. The predicted octanol–water partition coefficient (Wildman–Crippen LogP) is 2.33. The largest absolute Gasteiger partial charge is 0.347 e. The van der Waals surface area contributed by atoms with Crippen molar-refractivity contribution < 1.29 is 0 Å². The molecule has 1 aromatic rings. The third kappa shape index (κ3) is 3.06. The molecule has 1 aliphatic rings. The van der Waals surface area contributed by atoms with E-state index in [4.69, 9.17) is 0 Å². The highest BCUT2D eigenvalue weighted by Gasteiger charge is 2.41. The average molecular weight is 207 g/mol. The highest BCUT2D eigenvalue weighted by Crippen LogP contribution is 2.49. The van der Waals surface area contributed by atoms with Crippen molar-refractivity contribution >= 4 is 0 Å². The van der Waals surface area contributed by atoms with Crippen LogP contribution in [0.5, 0.6) is 0 Å². The summed E-state index contributed by atoms with van der Waals surface area (Å²) >= 11 is 0. The number of nitrogens with one attached hydrogen (secondary N) is 2. The third-order valence-electron chi connectivity index (χ3n) is 3.17. The lowest BCUT2D eigenvalue weighted by Gasteiger charge is -2.17. The van der Waals surface area contributed by atoms with E-state index in [0.29, 0.717) is 5.41 Å². The van der Waals surface area contributed by atoms with Crippen LogP contribution in [0.4, 0.5) is 0 Å². The van der Waals surface area contributed by atoms with E-state index in [9.17, 15) is 0 Å². The number of aromatic amines is 1. The molecule has 2 rings (SSSR count). The second kappa shape index (κ2) is 4.35. The van der Waals surface area contributed by atoms with Crippen LogP contribution in [-0.4, -0.2) is 16.5 Å². The van der Waals surface area contributed by atoms with Crippen LogP contribution in [0.3, 0.4) is 0 Å². The highest BCUT2D eigenvalue weighted by molar-refractivity contribution is 4.98. The van der Waals surface area contributed by atoms with Gasteiger partial charge in [0, 0.05) is 25.0 Å². The maximum absolute atomic E-state index is 4.01. The molecule has 0 radical (unpaired) electrons. The molecule has 1 aromatic heterocycles. The fourth-order valence-corrected chi connectivity index (χ4v) is 2.34. The van der Waals surface area contributed by atoms with Crippen molar-refractivity contribution in [3.8, 4) is 0 Å². The Bertz CT molecular complexity index is 286. The summed E-state index contributed by atoms with van der Waals surface area (Å²) in [5.41, 5.74) is 1.80. The lowest BCUT2D eigenvalue weighted by atomic mass is 9.94. The van der Waals surface area contributed by atoms with Gasteiger partial charge in [-0.2, -0.15) is 0 Å². The summed E-state index contributed by atoms with van der Waals surface area (Å²) in [7, 11) is 0. The minimum Gasteiger partial charge on any atom is -0.347 e. The molecule has 15 heavy (non-hydrogen) atoms. The molecule has 0 amide bonds. The van der Waals surface area contributed by atoms with Crippen LogP contribution >= 0.6 is 0 Å². The van der Waals surface area contributed by atoms with E-state index >= 15 is 0 Å². The van der Waals surface area contributed by atoms with Crippen LogP contribution in [0, 0.1) is 11.3 Å². The van der Waals surface area contributed by atoms with E-state index in [1.165, 1.54) is 25.0 Å². The van der Waals surface area contributed by atoms with Crippen LogP contribution < -0.4 is 5.32 Å². The van der Waals surface area contributed by atoms with Gasteiger partial charge in [-0.25, -0.2) is 4.98 Å². The first-order valence-corrected chi connectivity index (χ1v) is 5.88. The van der Waals surface area contributed by atoms with Gasteiger partial charge in [-0.1, -0.05) is 13.8 Å². The summed E-state index contributed by atoms with van der Waals surface area (Å²) in [5.74, 6) is 0.821. The van der Waals surface area contributed by atoms with Crippen molar-refractivity contribution in [3.05, 3.63) is 18.2 Å². The van der Waals surface area contributed by atoms with Crippen LogP contribution in [0.15, 0.2) is 12.5 Å². The maximum atomic E-state index is 4.01. The SMILES string of the molecule is CC(C)CC1(CNCc2cnc[nH]2)CC1. The number of nitrogens with zero attached hydrogens (tertiary/aromatic N) is 1. The predicted molar refractivity (Wildman–Crippen MR) is 61.4 cm³/mol. The van der Waals surface area contributed by atoms with Gasteiger partial charge in [-0.05, 0) is 30.6 Å². The zero-order valence-corrected chi connectivity index (χ0v) is 9.71. The topological polar surface area (TPSA) is 40.7 Å². The molecular formula is C12H21N3. The maximum Gasteiger partial charge on any atom is 0.0922 e. The molecule has 0 bridgehead atoms. The summed E-state index contributed by atoms with van der Waals surface area (Å²) in [6, 6.07) is 0. The second-order valence-corrected chi connectivity index (χ2v) is 5.28. The second-order valence-electron chi connectivity index (χ2n) is 5.28. The van der Waals surface area contributed by atoms with E-state index in [1.807, 2.05) is 6.20 Å². The van der Waals surface area contributed by atoms with E-state index in [0.717, 1.165) is 19.0 Å². The van der Waals surface area contributed by atoms with Gasteiger partial charge in [0.05, 0.1) is 6.33 Å². The third-order valence-corrected chi connectivity index (χ3v) is 3.17. The van der Waals surface area contributed by atoms with Crippen LogP contribution in [0.1, 0.15) is 38.8 Å². The van der Waals surface area contributed by atoms with Crippen LogP contribution in [0.2, 0.25) is 0 Å². The molecule has 1 heterocycles. The van der Waals surface area contributed by atoms with Gasteiger partial charge in [-0.15, -0.1) is 0 Å². The van der Waals surface area contributed by atoms with E-state index in [-0.39, 0.29) is 0 Å². The number of aromatic nitrogens is 2. The number of H-pyrrole nitrogens is 1. The van der Waals surface area contributed by atoms with Crippen molar-refractivity contribution in [2.24, 2.45) is 11.3 Å².